The molecule has 0 aliphatic rings. The summed E-state index contributed by atoms with van der Waals surface area (Å²) in [5.74, 6) is 0. The minimum Gasteiger partial charge on any atom is -0.0543 e. The van der Waals surface area contributed by atoms with Crippen molar-refractivity contribution in [2.24, 2.45) is 0 Å². The zero-order valence-electron chi connectivity index (χ0n) is 7.19. The van der Waals surface area contributed by atoms with Crippen LogP contribution in [0.25, 0.3) is 0 Å². The second kappa shape index (κ2) is 5.25. The van der Waals surface area contributed by atoms with Gasteiger partial charge >= 0.3 is 19.5 Å². The first kappa shape index (κ1) is 13.3. The number of hydrogen-bond donors (Lipinski definition) is 0. The van der Waals surface area contributed by atoms with Crippen molar-refractivity contribution in [2.75, 3.05) is 0 Å². The molecule has 1 rings (SSSR count). The second-order valence-electron chi connectivity index (χ2n) is 2.76. The summed E-state index contributed by atoms with van der Waals surface area (Å²) in [7, 11) is 0. The SMILES string of the molecule is Cc1cc(C)c(I)c(C)c1I.[Ru+2]. The Hall–Kier alpha value is 1.30. The Morgan fingerprint density at radius 3 is 1.58 bits per heavy atom. The molecule has 1 aromatic rings. The first-order valence-corrected chi connectivity index (χ1v) is 5.61. The summed E-state index contributed by atoms with van der Waals surface area (Å²) in [6, 6.07) is 2.25. The number of hydrogen-bond acceptors (Lipinski definition) is 0. The molecule has 1 aromatic carbocycles. The van der Waals surface area contributed by atoms with Gasteiger partial charge in [-0.15, -0.1) is 0 Å². The first-order valence-electron chi connectivity index (χ1n) is 3.46. The van der Waals surface area contributed by atoms with Gasteiger partial charge in [0.05, 0.1) is 0 Å². The molecule has 0 atom stereocenters. The summed E-state index contributed by atoms with van der Waals surface area (Å²) in [5.41, 5.74) is 4.20. The summed E-state index contributed by atoms with van der Waals surface area (Å²) in [6.07, 6.45) is 0. The van der Waals surface area contributed by atoms with Crippen molar-refractivity contribution in [3.8, 4) is 0 Å². The van der Waals surface area contributed by atoms with Crippen LogP contribution in [0.3, 0.4) is 0 Å². The van der Waals surface area contributed by atoms with E-state index >= 15 is 0 Å². The Kier molecular flexibility index (Phi) is 5.82. The van der Waals surface area contributed by atoms with Crippen molar-refractivity contribution in [1.82, 2.24) is 0 Å². The minimum atomic E-state index is 0. The maximum atomic E-state index is 2.41. The van der Waals surface area contributed by atoms with Crippen molar-refractivity contribution < 1.29 is 19.5 Å². The summed E-state index contributed by atoms with van der Waals surface area (Å²) in [5, 5.41) is 0. The summed E-state index contributed by atoms with van der Waals surface area (Å²) >= 11 is 4.81. The zero-order valence-corrected chi connectivity index (χ0v) is 13.2. The van der Waals surface area contributed by atoms with Crippen LogP contribution in [0.15, 0.2) is 6.07 Å². The van der Waals surface area contributed by atoms with Crippen LogP contribution in [0.5, 0.6) is 0 Å². The molecule has 3 heteroatoms. The van der Waals surface area contributed by atoms with Gasteiger partial charge in [-0.2, -0.15) is 0 Å². The molecule has 0 amide bonds. The standard InChI is InChI=1S/C9H10I2.Ru/c1-5-4-6(2)9(11)7(3)8(5)10;/h4H,1-3H3;/q;+2. The van der Waals surface area contributed by atoms with Crippen LogP contribution >= 0.6 is 45.2 Å². The number of aryl methyl sites for hydroxylation is 2. The maximum Gasteiger partial charge on any atom is 2.00 e. The van der Waals surface area contributed by atoms with Crippen molar-refractivity contribution in [2.45, 2.75) is 20.8 Å². The van der Waals surface area contributed by atoms with Gasteiger partial charge in [-0.05, 0) is 82.6 Å². The molecule has 0 radical (unpaired) electrons. The van der Waals surface area contributed by atoms with E-state index in [-0.39, 0.29) is 19.5 Å². The van der Waals surface area contributed by atoms with Crippen molar-refractivity contribution in [1.29, 1.82) is 0 Å². The molecule has 0 bridgehead atoms. The Morgan fingerprint density at radius 2 is 1.25 bits per heavy atom. The molecule has 0 saturated heterocycles. The molecule has 0 fully saturated rings. The van der Waals surface area contributed by atoms with Crippen LogP contribution in [-0.4, -0.2) is 0 Å². The van der Waals surface area contributed by atoms with Gasteiger partial charge in [-0.3, -0.25) is 0 Å². The van der Waals surface area contributed by atoms with Crippen molar-refractivity contribution in [3.63, 3.8) is 0 Å². The normalized spacial score (nSPS) is 9.42. The Bertz CT molecular complexity index is 269. The third-order valence-corrected chi connectivity index (χ3v) is 5.10. The molecule has 0 aliphatic heterocycles. The number of halogens is 2. The second-order valence-corrected chi connectivity index (χ2v) is 4.92. The van der Waals surface area contributed by atoms with E-state index in [4.69, 9.17) is 0 Å². The number of benzene rings is 1. The minimum absolute atomic E-state index is 0. The van der Waals surface area contributed by atoms with Gasteiger partial charge in [0.2, 0.25) is 0 Å². The van der Waals surface area contributed by atoms with E-state index in [1.807, 2.05) is 0 Å². The average molecular weight is 473 g/mol. The predicted octanol–water partition coefficient (Wildman–Crippen LogP) is 3.82. The molecule has 0 aromatic heterocycles. The van der Waals surface area contributed by atoms with Gasteiger partial charge in [-0.25, -0.2) is 0 Å². The molecule has 0 spiro atoms. The molecule has 0 unspecified atom stereocenters. The van der Waals surface area contributed by atoms with Crippen molar-refractivity contribution >= 4 is 45.2 Å². The Balaban J connectivity index is 0.00000121. The van der Waals surface area contributed by atoms with Crippen molar-refractivity contribution in [3.05, 3.63) is 29.9 Å². The van der Waals surface area contributed by atoms with Crippen LogP contribution in [0.4, 0.5) is 0 Å². The van der Waals surface area contributed by atoms with E-state index in [9.17, 15) is 0 Å². The summed E-state index contributed by atoms with van der Waals surface area (Å²) in [6.45, 7) is 6.51. The largest absolute Gasteiger partial charge is 2.00 e. The molecule has 0 heterocycles. The van der Waals surface area contributed by atoms with E-state index in [1.54, 1.807) is 0 Å². The molecule has 0 N–H and O–H groups in total. The smallest absolute Gasteiger partial charge is 0.0543 e. The summed E-state index contributed by atoms with van der Waals surface area (Å²) in [4.78, 5) is 0. The van der Waals surface area contributed by atoms with E-state index in [0.29, 0.717) is 0 Å². The van der Waals surface area contributed by atoms with Crippen LogP contribution in [-0.2, 0) is 19.5 Å². The quantitative estimate of drug-likeness (QED) is 0.398. The zero-order chi connectivity index (χ0) is 8.59. The number of rotatable bonds is 0. The monoisotopic (exact) mass is 474 g/mol. The van der Waals surface area contributed by atoms with Crippen LogP contribution in [0.1, 0.15) is 16.7 Å². The van der Waals surface area contributed by atoms with Crippen LogP contribution in [0.2, 0.25) is 0 Å². The molecule has 12 heavy (non-hydrogen) atoms. The Morgan fingerprint density at radius 1 is 0.917 bits per heavy atom. The first-order chi connectivity index (χ1) is 5.04. The third-order valence-electron chi connectivity index (χ3n) is 1.78. The molecule has 0 aliphatic carbocycles. The third kappa shape index (κ3) is 2.64. The van der Waals surface area contributed by atoms with E-state index in [2.05, 4.69) is 72.0 Å². The van der Waals surface area contributed by atoms with Gasteiger partial charge in [-0.1, -0.05) is 6.07 Å². The van der Waals surface area contributed by atoms with Gasteiger partial charge in [0.1, 0.15) is 0 Å². The maximum absolute atomic E-state index is 2.41. The van der Waals surface area contributed by atoms with Crippen LogP contribution in [0, 0.1) is 27.9 Å². The summed E-state index contributed by atoms with van der Waals surface area (Å²) < 4.78 is 2.80. The van der Waals surface area contributed by atoms with Gasteiger partial charge < -0.3 is 0 Å². The molecule has 0 nitrogen and oxygen atoms in total. The van der Waals surface area contributed by atoms with E-state index in [1.165, 1.54) is 23.8 Å². The van der Waals surface area contributed by atoms with E-state index in [0.717, 1.165) is 0 Å². The molecule has 66 valence electrons. The molecular weight excluding hydrogens is 463 g/mol. The average Bonchev–Trinajstić information content (AvgIpc) is 1.97. The van der Waals surface area contributed by atoms with Gasteiger partial charge in [0.25, 0.3) is 0 Å². The predicted molar refractivity (Wildman–Crippen MR) is 66.1 cm³/mol. The van der Waals surface area contributed by atoms with Gasteiger partial charge in [0.15, 0.2) is 0 Å². The van der Waals surface area contributed by atoms with Gasteiger partial charge in [0, 0.05) is 7.14 Å². The fourth-order valence-corrected chi connectivity index (χ4v) is 2.51. The molecule has 0 saturated carbocycles. The fourth-order valence-electron chi connectivity index (χ4n) is 1.14. The fraction of sp³-hybridized carbons (Fsp3) is 0.333. The Labute approximate surface area is 114 Å². The van der Waals surface area contributed by atoms with Crippen LogP contribution < -0.4 is 0 Å². The van der Waals surface area contributed by atoms with E-state index < -0.39 is 0 Å². The topological polar surface area (TPSA) is 0 Å². The molecular formula is C9H10I2Ru+2.